The molecule has 0 saturated carbocycles. The summed E-state index contributed by atoms with van der Waals surface area (Å²) in [5.41, 5.74) is 0. The lowest BCUT2D eigenvalue weighted by atomic mass is 9.80. The third-order valence-electron chi connectivity index (χ3n) is 5.36. The fraction of sp³-hybridized carbons (Fsp3) is 1.00. The van der Waals surface area contributed by atoms with Gasteiger partial charge in [0.1, 0.15) is 0 Å². The summed E-state index contributed by atoms with van der Waals surface area (Å²) < 4.78 is 0. The minimum atomic E-state index is 0.966. The fourth-order valence-electron chi connectivity index (χ4n) is 3.91. The maximum atomic E-state index is 3.72. The zero-order valence-corrected chi connectivity index (χ0v) is 15.0. The molecule has 1 fully saturated rings. The Balaban J connectivity index is 2.35. The van der Waals surface area contributed by atoms with Gasteiger partial charge in [0.05, 0.1) is 0 Å². The molecular formula is C20H41N. The van der Waals surface area contributed by atoms with Gasteiger partial charge in [-0.1, -0.05) is 90.9 Å². The Labute approximate surface area is 134 Å². The quantitative estimate of drug-likeness (QED) is 0.440. The van der Waals surface area contributed by atoms with Gasteiger partial charge in [0.2, 0.25) is 0 Å². The molecule has 1 heteroatoms. The van der Waals surface area contributed by atoms with Gasteiger partial charge in [0, 0.05) is 0 Å². The van der Waals surface area contributed by atoms with Crippen LogP contribution in [0.3, 0.4) is 0 Å². The molecule has 1 aliphatic heterocycles. The molecule has 0 aromatic carbocycles. The summed E-state index contributed by atoms with van der Waals surface area (Å²) in [5.74, 6) is 1.97. The summed E-state index contributed by atoms with van der Waals surface area (Å²) in [4.78, 5) is 0. The first kappa shape index (κ1) is 19.0. The SMILES string of the molecule is CCCCCCC(CCCCCC)C1CCCCCNC1. The van der Waals surface area contributed by atoms with Crippen LogP contribution in [-0.4, -0.2) is 13.1 Å². The van der Waals surface area contributed by atoms with Gasteiger partial charge in [-0.05, 0) is 37.8 Å². The van der Waals surface area contributed by atoms with Crippen LogP contribution < -0.4 is 5.32 Å². The van der Waals surface area contributed by atoms with Gasteiger partial charge in [-0.15, -0.1) is 0 Å². The Morgan fingerprint density at radius 3 is 2.10 bits per heavy atom. The monoisotopic (exact) mass is 295 g/mol. The van der Waals surface area contributed by atoms with Crippen molar-refractivity contribution in [2.75, 3.05) is 13.1 Å². The molecule has 1 rings (SSSR count). The molecule has 1 N–H and O–H groups in total. The molecule has 1 heterocycles. The number of nitrogens with one attached hydrogen (secondary N) is 1. The number of hydrogen-bond donors (Lipinski definition) is 1. The second-order valence-corrected chi connectivity index (χ2v) is 7.27. The first-order chi connectivity index (χ1) is 10.4. The molecule has 1 unspecified atom stereocenters. The lowest BCUT2D eigenvalue weighted by Crippen LogP contribution is -2.31. The van der Waals surface area contributed by atoms with Crippen LogP contribution in [0.25, 0.3) is 0 Å². The van der Waals surface area contributed by atoms with Gasteiger partial charge >= 0.3 is 0 Å². The summed E-state index contributed by atoms with van der Waals surface area (Å²) in [6.45, 7) is 7.20. The maximum Gasteiger partial charge on any atom is -0.00179 e. The van der Waals surface area contributed by atoms with E-state index in [1.807, 2.05) is 0 Å². The molecule has 1 saturated heterocycles. The molecule has 0 spiro atoms. The van der Waals surface area contributed by atoms with E-state index in [9.17, 15) is 0 Å². The lowest BCUT2D eigenvalue weighted by molar-refractivity contribution is 0.240. The van der Waals surface area contributed by atoms with Gasteiger partial charge < -0.3 is 5.32 Å². The standard InChI is InChI=1S/C20H41N/c1-3-5-7-10-14-19(15-11-8-6-4-2)20-16-12-9-13-17-21-18-20/h19-21H,3-18H2,1-2H3. The van der Waals surface area contributed by atoms with E-state index in [-0.39, 0.29) is 0 Å². The van der Waals surface area contributed by atoms with E-state index in [1.165, 1.54) is 103 Å². The van der Waals surface area contributed by atoms with E-state index in [4.69, 9.17) is 0 Å². The van der Waals surface area contributed by atoms with Crippen molar-refractivity contribution in [1.29, 1.82) is 0 Å². The van der Waals surface area contributed by atoms with Crippen LogP contribution >= 0.6 is 0 Å². The van der Waals surface area contributed by atoms with Crippen molar-refractivity contribution >= 4 is 0 Å². The van der Waals surface area contributed by atoms with Crippen LogP contribution in [0, 0.1) is 11.8 Å². The highest BCUT2D eigenvalue weighted by Gasteiger charge is 2.21. The van der Waals surface area contributed by atoms with E-state index in [1.54, 1.807) is 0 Å². The molecule has 0 aromatic rings. The minimum absolute atomic E-state index is 0.966. The fourth-order valence-corrected chi connectivity index (χ4v) is 3.91. The smallest absolute Gasteiger partial charge is 0.00179 e. The largest absolute Gasteiger partial charge is 0.316 e. The van der Waals surface area contributed by atoms with Crippen LogP contribution in [0.5, 0.6) is 0 Å². The van der Waals surface area contributed by atoms with E-state index in [0.29, 0.717) is 0 Å². The summed E-state index contributed by atoms with van der Waals surface area (Å²) in [6.07, 6.45) is 20.3. The van der Waals surface area contributed by atoms with Crippen molar-refractivity contribution in [2.45, 2.75) is 104 Å². The molecule has 0 radical (unpaired) electrons. The minimum Gasteiger partial charge on any atom is -0.316 e. The van der Waals surface area contributed by atoms with Crippen molar-refractivity contribution in [2.24, 2.45) is 11.8 Å². The number of hydrogen-bond acceptors (Lipinski definition) is 1. The van der Waals surface area contributed by atoms with Gasteiger partial charge in [0.25, 0.3) is 0 Å². The maximum absolute atomic E-state index is 3.72. The van der Waals surface area contributed by atoms with Crippen LogP contribution in [0.1, 0.15) is 104 Å². The predicted octanol–water partition coefficient (Wildman–Crippen LogP) is 6.32. The molecule has 1 atom stereocenters. The summed E-state index contributed by atoms with van der Waals surface area (Å²) in [7, 11) is 0. The Kier molecular flexibility index (Phi) is 12.3. The Morgan fingerprint density at radius 2 is 1.48 bits per heavy atom. The van der Waals surface area contributed by atoms with Gasteiger partial charge in [-0.2, -0.15) is 0 Å². The first-order valence-corrected chi connectivity index (χ1v) is 10.1. The van der Waals surface area contributed by atoms with E-state index < -0.39 is 0 Å². The van der Waals surface area contributed by atoms with Crippen molar-refractivity contribution in [3.8, 4) is 0 Å². The van der Waals surface area contributed by atoms with Crippen molar-refractivity contribution in [1.82, 2.24) is 5.32 Å². The second kappa shape index (κ2) is 13.6. The first-order valence-electron chi connectivity index (χ1n) is 10.1. The molecule has 21 heavy (non-hydrogen) atoms. The third kappa shape index (κ3) is 9.55. The van der Waals surface area contributed by atoms with Gasteiger partial charge in [-0.25, -0.2) is 0 Å². The van der Waals surface area contributed by atoms with Gasteiger partial charge in [0.15, 0.2) is 0 Å². The van der Waals surface area contributed by atoms with Gasteiger partial charge in [-0.3, -0.25) is 0 Å². The molecule has 0 amide bonds. The Hall–Kier alpha value is -0.0400. The highest BCUT2D eigenvalue weighted by molar-refractivity contribution is 4.75. The van der Waals surface area contributed by atoms with E-state index in [0.717, 1.165) is 11.8 Å². The van der Waals surface area contributed by atoms with E-state index in [2.05, 4.69) is 19.2 Å². The van der Waals surface area contributed by atoms with Crippen molar-refractivity contribution in [3.63, 3.8) is 0 Å². The average Bonchev–Trinajstić information content (AvgIpc) is 2.46. The Bertz CT molecular complexity index is 194. The molecule has 0 bridgehead atoms. The Morgan fingerprint density at radius 1 is 0.810 bits per heavy atom. The second-order valence-electron chi connectivity index (χ2n) is 7.27. The van der Waals surface area contributed by atoms with Crippen LogP contribution in [0.15, 0.2) is 0 Å². The summed E-state index contributed by atoms with van der Waals surface area (Å²) in [6, 6.07) is 0. The topological polar surface area (TPSA) is 12.0 Å². The normalized spacial score (nSPS) is 20.4. The molecule has 0 aliphatic carbocycles. The van der Waals surface area contributed by atoms with Crippen LogP contribution in [0.2, 0.25) is 0 Å². The number of unbranched alkanes of at least 4 members (excludes halogenated alkanes) is 6. The van der Waals surface area contributed by atoms with Crippen LogP contribution in [-0.2, 0) is 0 Å². The van der Waals surface area contributed by atoms with Crippen molar-refractivity contribution in [3.05, 3.63) is 0 Å². The molecule has 1 aliphatic rings. The van der Waals surface area contributed by atoms with Crippen LogP contribution in [0.4, 0.5) is 0 Å². The lowest BCUT2D eigenvalue weighted by Gasteiger charge is -2.29. The average molecular weight is 296 g/mol. The number of rotatable bonds is 11. The third-order valence-corrected chi connectivity index (χ3v) is 5.36. The summed E-state index contributed by atoms with van der Waals surface area (Å²) >= 11 is 0. The molecule has 0 aromatic heterocycles. The molecular weight excluding hydrogens is 254 g/mol. The zero-order valence-electron chi connectivity index (χ0n) is 15.0. The van der Waals surface area contributed by atoms with E-state index >= 15 is 0 Å². The summed E-state index contributed by atoms with van der Waals surface area (Å²) in [5, 5.41) is 3.72. The van der Waals surface area contributed by atoms with Crippen molar-refractivity contribution < 1.29 is 0 Å². The highest BCUT2D eigenvalue weighted by atomic mass is 14.9. The highest BCUT2D eigenvalue weighted by Crippen LogP contribution is 2.30. The molecule has 1 nitrogen and oxygen atoms in total. The molecule has 126 valence electrons. The predicted molar refractivity (Wildman–Crippen MR) is 95.8 cm³/mol. The zero-order chi connectivity index (χ0) is 15.2.